The van der Waals surface area contributed by atoms with Gasteiger partial charge in [0.2, 0.25) is 0 Å². The predicted molar refractivity (Wildman–Crippen MR) is 82.0 cm³/mol. The lowest BCUT2D eigenvalue weighted by atomic mass is 10.2. The monoisotopic (exact) mass is 381 g/mol. The van der Waals surface area contributed by atoms with E-state index in [0.29, 0.717) is 6.07 Å². The first kappa shape index (κ1) is 18.4. The van der Waals surface area contributed by atoms with Crippen LogP contribution in [0.5, 0.6) is 5.75 Å². The van der Waals surface area contributed by atoms with Crippen molar-refractivity contribution in [2.24, 2.45) is 0 Å². The van der Waals surface area contributed by atoms with Gasteiger partial charge in [0.15, 0.2) is 6.61 Å². The summed E-state index contributed by atoms with van der Waals surface area (Å²) in [4.78, 5) is 11.8. The molecule has 0 unspecified atom stereocenters. The van der Waals surface area contributed by atoms with E-state index < -0.39 is 30.1 Å². The predicted octanol–water partition coefficient (Wildman–Crippen LogP) is 5.17. The van der Waals surface area contributed by atoms with Gasteiger partial charge in [-0.25, -0.2) is 4.39 Å². The molecule has 9 heteroatoms. The minimum Gasteiger partial charge on any atom is -0.482 e. The number of halogens is 6. The summed E-state index contributed by atoms with van der Waals surface area (Å²) in [6.45, 7) is -0.544. The van der Waals surface area contributed by atoms with Crippen molar-refractivity contribution in [2.45, 2.75) is 6.18 Å². The fourth-order valence-corrected chi connectivity index (χ4v) is 2.11. The van der Waals surface area contributed by atoms with Crippen LogP contribution >= 0.6 is 23.2 Å². The van der Waals surface area contributed by atoms with E-state index in [4.69, 9.17) is 27.9 Å². The molecular formula is C15H9Cl2F4NO2. The third-order valence-electron chi connectivity index (χ3n) is 2.82. The van der Waals surface area contributed by atoms with Crippen LogP contribution in [0.15, 0.2) is 36.4 Å². The number of rotatable bonds is 4. The summed E-state index contributed by atoms with van der Waals surface area (Å²) in [5.74, 6) is -1.27. The van der Waals surface area contributed by atoms with Crippen molar-refractivity contribution in [3.63, 3.8) is 0 Å². The number of hydrogen-bond donors (Lipinski definition) is 1. The van der Waals surface area contributed by atoms with Crippen LogP contribution in [0.4, 0.5) is 23.2 Å². The molecule has 3 nitrogen and oxygen atoms in total. The molecule has 0 heterocycles. The number of alkyl halides is 3. The molecule has 1 amide bonds. The molecule has 0 saturated carbocycles. The molecule has 2 aromatic rings. The molecule has 0 bridgehead atoms. The summed E-state index contributed by atoms with van der Waals surface area (Å²) in [6.07, 6.45) is -4.57. The van der Waals surface area contributed by atoms with Crippen LogP contribution in [-0.4, -0.2) is 12.5 Å². The largest absolute Gasteiger partial charge is 0.482 e. The normalized spacial score (nSPS) is 11.2. The Balaban J connectivity index is 2.04. The summed E-state index contributed by atoms with van der Waals surface area (Å²) < 4.78 is 55.9. The Bertz CT molecular complexity index is 766. The smallest absolute Gasteiger partial charge is 0.416 e. The first-order chi connectivity index (χ1) is 11.2. The van der Waals surface area contributed by atoms with Crippen molar-refractivity contribution in [1.29, 1.82) is 0 Å². The first-order valence-electron chi connectivity index (χ1n) is 6.41. The van der Waals surface area contributed by atoms with Crippen LogP contribution in [0.1, 0.15) is 5.56 Å². The number of carbonyl (C=O) groups is 1. The molecule has 0 fully saturated rings. The van der Waals surface area contributed by atoms with Crippen LogP contribution in [0, 0.1) is 5.82 Å². The highest BCUT2D eigenvalue weighted by molar-refractivity contribution is 6.33. The summed E-state index contributed by atoms with van der Waals surface area (Å²) >= 11 is 11.5. The van der Waals surface area contributed by atoms with E-state index in [-0.39, 0.29) is 21.5 Å². The van der Waals surface area contributed by atoms with Crippen LogP contribution < -0.4 is 10.1 Å². The maximum absolute atomic E-state index is 12.9. The zero-order valence-electron chi connectivity index (χ0n) is 11.8. The number of anilines is 1. The van der Waals surface area contributed by atoms with Crippen LogP contribution in [0.3, 0.4) is 0 Å². The van der Waals surface area contributed by atoms with E-state index in [1.807, 2.05) is 0 Å². The average molecular weight is 382 g/mol. The summed E-state index contributed by atoms with van der Waals surface area (Å²) in [6, 6.07) is 5.85. The fraction of sp³-hybridized carbons (Fsp3) is 0.133. The van der Waals surface area contributed by atoms with Gasteiger partial charge in [0.05, 0.1) is 21.3 Å². The number of nitrogens with one attached hydrogen (secondary N) is 1. The molecule has 128 valence electrons. The number of amides is 1. The summed E-state index contributed by atoms with van der Waals surface area (Å²) in [7, 11) is 0. The Morgan fingerprint density at radius 3 is 2.42 bits per heavy atom. The lowest BCUT2D eigenvalue weighted by Crippen LogP contribution is -2.21. The zero-order valence-corrected chi connectivity index (χ0v) is 13.3. The van der Waals surface area contributed by atoms with Crippen LogP contribution in [0.25, 0.3) is 0 Å². The van der Waals surface area contributed by atoms with E-state index >= 15 is 0 Å². The Kier molecular flexibility index (Phi) is 5.56. The SMILES string of the molecule is O=C(COc1ccc(F)cc1Cl)Nc1cc(C(F)(F)F)ccc1Cl. The van der Waals surface area contributed by atoms with Crippen molar-refractivity contribution in [2.75, 3.05) is 11.9 Å². The van der Waals surface area contributed by atoms with Gasteiger partial charge in [-0.05, 0) is 36.4 Å². The highest BCUT2D eigenvalue weighted by Crippen LogP contribution is 2.33. The molecule has 0 aliphatic heterocycles. The fourth-order valence-electron chi connectivity index (χ4n) is 1.72. The maximum Gasteiger partial charge on any atom is 0.416 e. The van der Waals surface area contributed by atoms with Crippen molar-refractivity contribution in [3.8, 4) is 5.75 Å². The van der Waals surface area contributed by atoms with Gasteiger partial charge in [-0.15, -0.1) is 0 Å². The number of ether oxygens (including phenoxy) is 1. The van der Waals surface area contributed by atoms with Crippen molar-refractivity contribution in [3.05, 3.63) is 57.8 Å². The quantitative estimate of drug-likeness (QED) is 0.742. The minimum atomic E-state index is -4.57. The zero-order chi connectivity index (χ0) is 17.9. The molecular weight excluding hydrogens is 373 g/mol. The second-order valence-corrected chi connectivity index (χ2v) is 5.42. The molecule has 2 aromatic carbocycles. The Morgan fingerprint density at radius 1 is 1.08 bits per heavy atom. The van der Waals surface area contributed by atoms with Gasteiger partial charge < -0.3 is 10.1 Å². The Hall–Kier alpha value is -1.99. The van der Waals surface area contributed by atoms with Crippen molar-refractivity contribution < 1.29 is 27.1 Å². The third kappa shape index (κ3) is 4.75. The molecule has 0 atom stereocenters. The van der Waals surface area contributed by atoms with E-state index in [1.165, 1.54) is 6.07 Å². The molecule has 1 N–H and O–H groups in total. The Morgan fingerprint density at radius 2 is 1.79 bits per heavy atom. The van der Waals surface area contributed by atoms with Gasteiger partial charge in [0, 0.05) is 0 Å². The van der Waals surface area contributed by atoms with Crippen molar-refractivity contribution in [1.82, 2.24) is 0 Å². The number of carbonyl (C=O) groups excluding carboxylic acids is 1. The van der Waals surface area contributed by atoms with Gasteiger partial charge in [0.25, 0.3) is 5.91 Å². The molecule has 0 radical (unpaired) electrons. The number of benzene rings is 2. The van der Waals surface area contributed by atoms with Gasteiger partial charge in [0.1, 0.15) is 11.6 Å². The van der Waals surface area contributed by atoms with Gasteiger partial charge in [-0.1, -0.05) is 23.2 Å². The second kappa shape index (κ2) is 7.27. The molecule has 24 heavy (non-hydrogen) atoms. The standard InChI is InChI=1S/C15H9Cl2F4NO2/c16-10-3-1-8(15(19,20)21)5-12(10)22-14(23)7-24-13-4-2-9(18)6-11(13)17/h1-6H,7H2,(H,22,23). The maximum atomic E-state index is 12.9. The van der Waals surface area contributed by atoms with Crippen LogP contribution in [0.2, 0.25) is 10.0 Å². The van der Waals surface area contributed by atoms with Crippen LogP contribution in [-0.2, 0) is 11.0 Å². The van der Waals surface area contributed by atoms with Gasteiger partial charge >= 0.3 is 6.18 Å². The average Bonchev–Trinajstić information content (AvgIpc) is 2.47. The molecule has 0 aromatic heterocycles. The molecule has 0 saturated heterocycles. The van der Waals surface area contributed by atoms with E-state index in [9.17, 15) is 22.4 Å². The molecule has 2 rings (SSSR count). The minimum absolute atomic E-state index is 0.0418. The highest BCUT2D eigenvalue weighted by atomic mass is 35.5. The number of hydrogen-bond acceptors (Lipinski definition) is 2. The highest BCUT2D eigenvalue weighted by Gasteiger charge is 2.31. The lowest BCUT2D eigenvalue weighted by Gasteiger charge is -2.12. The summed E-state index contributed by atoms with van der Waals surface area (Å²) in [5.41, 5.74) is -1.16. The van der Waals surface area contributed by atoms with E-state index in [0.717, 1.165) is 24.3 Å². The molecule has 0 spiro atoms. The van der Waals surface area contributed by atoms with Gasteiger partial charge in [-0.2, -0.15) is 13.2 Å². The lowest BCUT2D eigenvalue weighted by molar-refractivity contribution is -0.137. The molecule has 0 aliphatic rings. The van der Waals surface area contributed by atoms with E-state index in [1.54, 1.807) is 0 Å². The Labute approximate surface area is 144 Å². The second-order valence-electron chi connectivity index (χ2n) is 4.60. The third-order valence-corrected chi connectivity index (χ3v) is 3.45. The molecule has 0 aliphatic carbocycles. The van der Waals surface area contributed by atoms with Gasteiger partial charge in [-0.3, -0.25) is 4.79 Å². The van der Waals surface area contributed by atoms with Crippen molar-refractivity contribution >= 4 is 34.8 Å². The topological polar surface area (TPSA) is 38.3 Å². The summed E-state index contributed by atoms with van der Waals surface area (Å²) in [5, 5.41) is 2.11. The first-order valence-corrected chi connectivity index (χ1v) is 7.17. The van der Waals surface area contributed by atoms with E-state index in [2.05, 4.69) is 5.32 Å².